The van der Waals surface area contributed by atoms with Crippen molar-refractivity contribution in [3.05, 3.63) is 134 Å². The fourth-order valence-electron chi connectivity index (χ4n) is 8.78. The van der Waals surface area contributed by atoms with E-state index in [0.717, 1.165) is 128 Å². The summed E-state index contributed by atoms with van der Waals surface area (Å²) in [5.41, 5.74) is 0. The number of hydrogen-bond donors (Lipinski definition) is 7. The molecule has 14 nitrogen and oxygen atoms in total. The summed E-state index contributed by atoms with van der Waals surface area (Å²) < 4.78 is 34.4. The van der Waals surface area contributed by atoms with Gasteiger partial charge in [-0.2, -0.15) is 0 Å². The van der Waals surface area contributed by atoms with Crippen LogP contribution in [0.5, 0.6) is 0 Å². The lowest BCUT2D eigenvalue weighted by atomic mass is 9.98. The highest BCUT2D eigenvalue weighted by Gasteiger charge is 2.47. The van der Waals surface area contributed by atoms with Gasteiger partial charge in [-0.3, -0.25) is 4.79 Å². The summed E-state index contributed by atoms with van der Waals surface area (Å²) in [6.45, 7) is 3.38. The molecule has 0 amide bonds. The van der Waals surface area contributed by atoms with E-state index < -0.39 is 86.7 Å². The Morgan fingerprint density at radius 2 is 0.765 bits per heavy atom. The van der Waals surface area contributed by atoms with Gasteiger partial charge < -0.3 is 64.2 Å². The fraction of sp³-hybridized carbons (Fsp3) is 0.657. The lowest BCUT2D eigenvalue weighted by Gasteiger charge is -2.42. The molecule has 2 aliphatic rings. The lowest BCUT2D eigenvalue weighted by molar-refractivity contribution is -0.332. The minimum absolute atomic E-state index is 0.0349. The van der Waals surface area contributed by atoms with Crippen molar-refractivity contribution in [1.29, 1.82) is 0 Å². The van der Waals surface area contributed by atoms with E-state index in [1.807, 2.05) is 0 Å². The van der Waals surface area contributed by atoms with Crippen molar-refractivity contribution in [1.82, 2.24) is 0 Å². The second kappa shape index (κ2) is 51.7. The third-order valence-electron chi connectivity index (χ3n) is 13.7. The van der Waals surface area contributed by atoms with E-state index in [0.29, 0.717) is 13.0 Å². The minimum Gasteiger partial charge on any atom is -0.457 e. The van der Waals surface area contributed by atoms with Gasteiger partial charge >= 0.3 is 5.97 Å². The van der Waals surface area contributed by atoms with E-state index in [1.165, 1.54) is 25.7 Å². The number of aliphatic hydroxyl groups is 7. The Bertz CT molecular complexity index is 1850. The number of allylic oxidation sites excluding steroid dienone is 22. The summed E-state index contributed by atoms with van der Waals surface area (Å²) in [5.74, 6) is -0.409. The zero-order chi connectivity index (χ0) is 58.6. The summed E-state index contributed by atoms with van der Waals surface area (Å²) in [7, 11) is 0. The Kier molecular flexibility index (Phi) is 46.8. The van der Waals surface area contributed by atoms with Gasteiger partial charge in [-0.05, 0) is 109 Å². The van der Waals surface area contributed by atoms with Crippen molar-refractivity contribution in [3.63, 3.8) is 0 Å². The standard InChI is InChI=1S/C67H108O14/c1-3-5-7-9-11-13-15-17-19-21-23-25-27-29-31-33-35-37-39-41-43-45-47-49-51-76-53-56(54-77-66-65(75)63(73)61(71)58(81-66)55-78-67-64(74)62(72)60(70)57(52-68)80-67)79-59(69)50-48-46-44-42-40-38-36-34-32-30-28-26-24-22-20-18-16-14-12-10-8-6-4-2/h5-8,11-14,17-20,23-26,29-32,36,38,56-58,60-68,70-75H,3-4,9-10,15-16,21-22,27-28,33-35,37,39-55H2,1-2H3/b7-5-,8-6-,13-11-,14-12-,19-17-,20-18-,25-23-,26-24-,31-29-,32-30-,38-36-. The Morgan fingerprint density at radius 1 is 0.407 bits per heavy atom. The van der Waals surface area contributed by atoms with Crippen molar-refractivity contribution in [3.8, 4) is 0 Å². The van der Waals surface area contributed by atoms with Gasteiger partial charge in [0.1, 0.15) is 54.9 Å². The highest BCUT2D eigenvalue weighted by atomic mass is 16.7. The van der Waals surface area contributed by atoms with Gasteiger partial charge in [0.15, 0.2) is 12.6 Å². The Labute approximate surface area is 488 Å². The molecule has 2 aliphatic heterocycles. The van der Waals surface area contributed by atoms with Gasteiger partial charge in [-0.15, -0.1) is 0 Å². The Balaban J connectivity index is 1.72. The van der Waals surface area contributed by atoms with Crippen LogP contribution in [0.15, 0.2) is 134 Å². The zero-order valence-electron chi connectivity index (χ0n) is 49.5. The number of unbranched alkanes of at least 4 members (excludes halogenated alkanes) is 12. The molecule has 0 aromatic carbocycles. The van der Waals surface area contributed by atoms with E-state index in [-0.39, 0.29) is 19.6 Å². The van der Waals surface area contributed by atoms with E-state index in [1.54, 1.807) is 0 Å². The number of ether oxygens (including phenoxy) is 6. The number of esters is 1. The summed E-state index contributed by atoms with van der Waals surface area (Å²) in [4.78, 5) is 13.1. The quantitative estimate of drug-likeness (QED) is 0.0172. The molecule has 2 fully saturated rings. The number of carbonyl (C=O) groups is 1. The highest BCUT2D eigenvalue weighted by Crippen LogP contribution is 2.26. The normalized spacial score (nSPS) is 24.7. The maximum atomic E-state index is 13.1. The third-order valence-corrected chi connectivity index (χ3v) is 13.7. The number of carbonyl (C=O) groups excluding carboxylic acids is 1. The van der Waals surface area contributed by atoms with Crippen LogP contribution in [0.4, 0.5) is 0 Å². The summed E-state index contributed by atoms with van der Waals surface area (Å²) in [6.07, 6.45) is 57.9. The Hall–Kier alpha value is -3.87. The van der Waals surface area contributed by atoms with Crippen LogP contribution in [0.1, 0.15) is 181 Å². The molecule has 2 heterocycles. The van der Waals surface area contributed by atoms with E-state index in [9.17, 15) is 40.5 Å². The van der Waals surface area contributed by atoms with Crippen LogP contribution >= 0.6 is 0 Å². The molecule has 460 valence electrons. The highest BCUT2D eigenvalue weighted by molar-refractivity contribution is 5.69. The smallest absolute Gasteiger partial charge is 0.306 e. The number of hydrogen-bond acceptors (Lipinski definition) is 14. The molecule has 2 rings (SSSR count). The second-order valence-corrected chi connectivity index (χ2v) is 20.8. The molecule has 7 N–H and O–H groups in total. The van der Waals surface area contributed by atoms with Gasteiger partial charge in [0, 0.05) is 13.0 Å². The van der Waals surface area contributed by atoms with Crippen LogP contribution in [-0.4, -0.2) is 142 Å². The van der Waals surface area contributed by atoms with Crippen LogP contribution in [0.2, 0.25) is 0 Å². The van der Waals surface area contributed by atoms with Crippen molar-refractivity contribution in [2.75, 3.05) is 33.0 Å². The van der Waals surface area contributed by atoms with Gasteiger partial charge in [0.05, 0.1) is 26.4 Å². The molecular weight excluding hydrogens is 1030 g/mol. The fourth-order valence-corrected chi connectivity index (χ4v) is 8.78. The molecule has 11 unspecified atom stereocenters. The van der Waals surface area contributed by atoms with Gasteiger partial charge in [-0.1, -0.05) is 199 Å². The topological polar surface area (TPSA) is 214 Å². The first-order valence-electron chi connectivity index (χ1n) is 30.8. The lowest BCUT2D eigenvalue weighted by Crippen LogP contribution is -2.61. The van der Waals surface area contributed by atoms with E-state index in [2.05, 4.69) is 148 Å². The van der Waals surface area contributed by atoms with Gasteiger partial charge in [0.2, 0.25) is 0 Å². The van der Waals surface area contributed by atoms with Crippen molar-refractivity contribution in [2.45, 2.75) is 248 Å². The molecular formula is C67H108O14. The predicted molar refractivity (Wildman–Crippen MR) is 325 cm³/mol. The van der Waals surface area contributed by atoms with Crippen molar-refractivity contribution >= 4 is 5.97 Å². The van der Waals surface area contributed by atoms with Crippen molar-refractivity contribution in [2.24, 2.45) is 0 Å². The van der Waals surface area contributed by atoms with E-state index in [4.69, 9.17) is 28.4 Å². The first-order valence-corrected chi connectivity index (χ1v) is 30.8. The molecule has 0 saturated carbocycles. The second-order valence-electron chi connectivity index (χ2n) is 20.8. The molecule has 14 heteroatoms. The molecule has 0 aliphatic carbocycles. The average molecular weight is 1140 g/mol. The van der Waals surface area contributed by atoms with Crippen LogP contribution in [-0.2, 0) is 33.2 Å². The largest absolute Gasteiger partial charge is 0.457 e. The average Bonchev–Trinajstić information content (AvgIpc) is 3.46. The van der Waals surface area contributed by atoms with Crippen LogP contribution in [0, 0.1) is 0 Å². The monoisotopic (exact) mass is 1140 g/mol. The maximum absolute atomic E-state index is 13.1. The van der Waals surface area contributed by atoms with Crippen molar-refractivity contribution < 1.29 is 69.0 Å². The first kappa shape index (κ1) is 73.2. The van der Waals surface area contributed by atoms with Crippen LogP contribution in [0.3, 0.4) is 0 Å². The SMILES string of the molecule is CC/C=C\C/C=C\C/C=C\C/C=C\C/C=C\C/C=C\CCCCCCC(=O)OC(COCCCCCCCCCC/C=C\C/C=C\C/C=C\C/C=C\C/C=C\CC)COC1OC(COC2OC(CO)C(O)C(O)C2O)C(O)C(O)C1O. The Morgan fingerprint density at radius 3 is 1.20 bits per heavy atom. The molecule has 0 aromatic rings. The zero-order valence-corrected chi connectivity index (χ0v) is 49.5. The molecule has 11 atom stereocenters. The van der Waals surface area contributed by atoms with E-state index >= 15 is 0 Å². The van der Waals surface area contributed by atoms with Gasteiger partial charge in [-0.25, -0.2) is 0 Å². The summed E-state index contributed by atoms with van der Waals surface area (Å²) in [6, 6.07) is 0. The molecule has 0 radical (unpaired) electrons. The minimum atomic E-state index is -1.72. The van der Waals surface area contributed by atoms with Crippen LogP contribution in [0.25, 0.3) is 0 Å². The first-order chi connectivity index (χ1) is 39.6. The number of aliphatic hydroxyl groups excluding tert-OH is 7. The summed E-state index contributed by atoms with van der Waals surface area (Å²) in [5, 5.41) is 72.5. The molecule has 0 spiro atoms. The summed E-state index contributed by atoms with van der Waals surface area (Å²) >= 11 is 0. The number of rotatable bonds is 48. The van der Waals surface area contributed by atoms with Gasteiger partial charge in [0.25, 0.3) is 0 Å². The molecule has 81 heavy (non-hydrogen) atoms. The maximum Gasteiger partial charge on any atom is 0.306 e. The molecule has 2 saturated heterocycles. The molecule has 0 bridgehead atoms. The third kappa shape index (κ3) is 37.9. The molecule has 0 aromatic heterocycles. The predicted octanol–water partition coefficient (Wildman–Crippen LogP) is 11.9. The van der Waals surface area contributed by atoms with Crippen LogP contribution < -0.4 is 0 Å².